The molecule has 1 aromatic heterocycles. The number of guanidine groups is 1. The number of carbonyl (C=O) groups excluding carboxylic acids is 1. The first-order valence-corrected chi connectivity index (χ1v) is 8.46. The zero-order valence-corrected chi connectivity index (χ0v) is 17.7. The van der Waals surface area contributed by atoms with Crippen molar-refractivity contribution in [1.29, 1.82) is 0 Å². The Morgan fingerprint density at radius 3 is 2.73 bits per heavy atom. The molecule has 6 nitrogen and oxygen atoms in total. The number of hydrogen-bond donors (Lipinski definition) is 3. The summed E-state index contributed by atoms with van der Waals surface area (Å²) in [6.07, 6.45) is 2.20. The monoisotopic (exact) mass is 470 g/mol. The molecule has 4 N–H and O–H groups in total. The highest BCUT2D eigenvalue weighted by Gasteiger charge is 2.11. The number of amides is 1. The molecule has 0 atom stereocenters. The van der Waals surface area contributed by atoms with Gasteiger partial charge in [0.15, 0.2) is 11.7 Å². The molecule has 2 aromatic rings. The van der Waals surface area contributed by atoms with E-state index in [-0.39, 0.29) is 29.9 Å². The van der Waals surface area contributed by atoms with Crippen LogP contribution in [-0.2, 0) is 0 Å². The Labute approximate surface area is 171 Å². The zero-order chi connectivity index (χ0) is 18.2. The molecule has 0 aliphatic carbocycles. The van der Waals surface area contributed by atoms with Crippen LogP contribution in [0.2, 0.25) is 0 Å². The van der Waals surface area contributed by atoms with Gasteiger partial charge in [0.05, 0.1) is 6.26 Å². The van der Waals surface area contributed by atoms with Gasteiger partial charge in [-0.15, -0.1) is 24.0 Å². The number of aryl methyl sites for hydroxylation is 1. The summed E-state index contributed by atoms with van der Waals surface area (Å²) in [5, 5.41) is 5.90. The van der Waals surface area contributed by atoms with Crippen LogP contribution in [0.1, 0.15) is 47.9 Å². The summed E-state index contributed by atoms with van der Waals surface area (Å²) >= 11 is 0. The van der Waals surface area contributed by atoms with Crippen LogP contribution in [0.15, 0.2) is 46.0 Å². The first kappa shape index (κ1) is 22.0. The zero-order valence-electron chi connectivity index (χ0n) is 15.4. The smallest absolute Gasteiger partial charge is 0.287 e. The van der Waals surface area contributed by atoms with E-state index in [9.17, 15) is 4.79 Å². The molecule has 1 aromatic carbocycles. The average Bonchev–Trinajstić information content (AvgIpc) is 3.00. The van der Waals surface area contributed by atoms with E-state index in [2.05, 4.69) is 41.6 Å². The number of hydrogen-bond acceptors (Lipinski definition) is 3. The van der Waals surface area contributed by atoms with Gasteiger partial charge in [0.25, 0.3) is 5.91 Å². The molecule has 142 valence electrons. The molecule has 1 heterocycles. The van der Waals surface area contributed by atoms with E-state index in [4.69, 9.17) is 10.2 Å². The van der Waals surface area contributed by atoms with Crippen molar-refractivity contribution in [2.45, 2.75) is 33.1 Å². The second kappa shape index (κ2) is 10.8. The van der Waals surface area contributed by atoms with Crippen molar-refractivity contribution in [1.82, 2.24) is 5.32 Å². The lowest BCUT2D eigenvalue weighted by atomic mass is 10.0. The van der Waals surface area contributed by atoms with E-state index >= 15 is 0 Å². The number of furan rings is 1. The minimum atomic E-state index is -0.205. The highest BCUT2D eigenvalue weighted by Crippen LogP contribution is 2.18. The summed E-state index contributed by atoms with van der Waals surface area (Å²) in [7, 11) is 0. The Hall–Kier alpha value is -2.03. The number of benzene rings is 1. The summed E-state index contributed by atoms with van der Waals surface area (Å²) in [5.41, 5.74) is 8.90. The molecule has 0 unspecified atom stereocenters. The predicted molar refractivity (Wildman–Crippen MR) is 116 cm³/mol. The molecule has 7 heteroatoms. The van der Waals surface area contributed by atoms with Crippen LogP contribution in [0.4, 0.5) is 5.69 Å². The van der Waals surface area contributed by atoms with Crippen molar-refractivity contribution in [3.05, 3.63) is 53.5 Å². The molecule has 2 rings (SSSR count). The Morgan fingerprint density at radius 2 is 2.08 bits per heavy atom. The summed E-state index contributed by atoms with van der Waals surface area (Å²) < 4.78 is 5.14. The van der Waals surface area contributed by atoms with Gasteiger partial charge < -0.3 is 20.8 Å². The number of carbonyl (C=O) groups is 1. The molecule has 1 amide bonds. The van der Waals surface area contributed by atoms with Gasteiger partial charge in [0.2, 0.25) is 0 Å². The first-order chi connectivity index (χ1) is 12.0. The van der Waals surface area contributed by atoms with Crippen LogP contribution in [0.3, 0.4) is 0 Å². The minimum Gasteiger partial charge on any atom is -0.459 e. The van der Waals surface area contributed by atoms with E-state index in [1.54, 1.807) is 6.07 Å². The fourth-order valence-corrected chi connectivity index (χ4v) is 2.33. The van der Waals surface area contributed by atoms with Crippen LogP contribution in [0, 0.1) is 6.92 Å². The normalized spacial score (nSPS) is 11.2. The lowest BCUT2D eigenvalue weighted by Crippen LogP contribution is -2.26. The van der Waals surface area contributed by atoms with E-state index in [0.29, 0.717) is 37.1 Å². The van der Waals surface area contributed by atoms with E-state index in [1.165, 1.54) is 11.8 Å². The quantitative estimate of drug-likeness (QED) is 0.248. The summed E-state index contributed by atoms with van der Waals surface area (Å²) in [6, 6.07) is 9.88. The molecule has 0 aliphatic rings. The highest BCUT2D eigenvalue weighted by atomic mass is 127. The molecule has 0 saturated carbocycles. The number of nitrogens with zero attached hydrogens (tertiary/aromatic N) is 1. The minimum absolute atomic E-state index is 0. The van der Waals surface area contributed by atoms with E-state index in [1.807, 2.05) is 19.1 Å². The van der Waals surface area contributed by atoms with E-state index < -0.39 is 0 Å². The molecule has 0 saturated heterocycles. The van der Waals surface area contributed by atoms with Crippen LogP contribution in [0.5, 0.6) is 0 Å². The van der Waals surface area contributed by atoms with Crippen LogP contribution in [0.25, 0.3) is 0 Å². The molecule has 0 radical (unpaired) electrons. The van der Waals surface area contributed by atoms with Crippen LogP contribution in [-0.4, -0.2) is 25.0 Å². The third kappa shape index (κ3) is 6.70. The second-order valence-electron chi connectivity index (χ2n) is 6.21. The Balaban J connectivity index is 0.00000338. The van der Waals surface area contributed by atoms with Crippen molar-refractivity contribution in [2.24, 2.45) is 10.7 Å². The Bertz CT molecular complexity index is 741. The molecule has 0 bridgehead atoms. The average molecular weight is 470 g/mol. The van der Waals surface area contributed by atoms with Gasteiger partial charge in [0, 0.05) is 24.3 Å². The van der Waals surface area contributed by atoms with Gasteiger partial charge in [0.1, 0.15) is 0 Å². The fourth-order valence-electron chi connectivity index (χ4n) is 2.33. The van der Waals surface area contributed by atoms with Gasteiger partial charge in [-0.3, -0.25) is 9.79 Å². The molecule has 0 fully saturated rings. The van der Waals surface area contributed by atoms with Crippen molar-refractivity contribution < 1.29 is 9.21 Å². The summed E-state index contributed by atoms with van der Waals surface area (Å²) in [6.45, 7) is 7.17. The van der Waals surface area contributed by atoms with E-state index in [0.717, 1.165) is 11.3 Å². The van der Waals surface area contributed by atoms with Gasteiger partial charge in [-0.1, -0.05) is 26.0 Å². The van der Waals surface area contributed by atoms with Crippen LogP contribution >= 0.6 is 24.0 Å². The third-order valence-corrected chi connectivity index (χ3v) is 3.80. The van der Waals surface area contributed by atoms with Gasteiger partial charge >= 0.3 is 0 Å². The number of nitrogens with two attached hydrogens (primary N) is 1. The van der Waals surface area contributed by atoms with Crippen molar-refractivity contribution in [2.75, 3.05) is 18.4 Å². The summed E-state index contributed by atoms with van der Waals surface area (Å²) in [4.78, 5) is 16.2. The highest BCUT2D eigenvalue weighted by molar-refractivity contribution is 14.0. The van der Waals surface area contributed by atoms with Crippen molar-refractivity contribution in [3.8, 4) is 0 Å². The van der Waals surface area contributed by atoms with Gasteiger partial charge in [-0.05, 0) is 43.0 Å². The number of nitrogens with one attached hydrogen (secondary N) is 2. The maximum absolute atomic E-state index is 11.9. The third-order valence-electron chi connectivity index (χ3n) is 3.80. The fraction of sp³-hybridized carbons (Fsp3) is 0.368. The maximum atomic E-state index is 11.9. The topological polar surface area (TPSA) is 92.7 Å². The second-order valence-corrected chi connectivity index (χ2v) is 6.21. The molecular formula is C19H27IN4O2. The van der Waals surface area contributed by atoms with Gasteiger partial charge in [-0.2, -0.15) is 0 Å². The molecule has 0 spiro atoms. The maximum Gasteiger partial charge on any atom is 0.287 e. The van der Waals surface area contributed by atoms with Gasteiger partial charge in [-0.25, -0.2) is 0 Å². The summed E-state index contributed by atoms with van der Waals surface area (Å²) in [5.74, 6) is 0.980. The number of anilines is 1. The largest absolute Gasteiger partial charge is 0.459 e. The predicted octanol–water partition coefficient (Wildman–Crippen LogP) is 3.88. The molecular weight excluding hydrogens is 443 g/mol. The van der Waals surface area contributed by atoms with Crippen LogP contribution < -0.4 is 16.4 Å². The SMILES string of the molecule is Cc1ccoc1C(=O)NCCCN=C(N)Nc1cccc(C(C)C)c1.I. The lowest BCUT2D eigenvalue weighted by molar-refractivity contribution is 0.0925. The first-order valence-electron chi connectivity index (χ1n) is 8.46. The number of rotatable bonds is 7. The standard InChI is InChI=1S/C19H26N4O2.HI/c1-13(2)15-6-4-7-16(12-15)23-19(20)22-10-5-9-21-18(24)17-14(3)8-11-25-17;/h4,6-8,11-13H,5,9-10H2,1-3H3,(H,21,24)(H3,20,22,23);1H. The Kier molecular flexibility index (Phi) is 9.18. The van der Waals surface area contributed by atoms with Crippen molar-refractivity contribution in [3.63, 3.8) is 0 Å². The number of halogens is 1. The molecule has 0 aliphatic heterocycles. The lowest BCUT2D eigenvalue weighted by Gasteiger charge is -2.10. The van der Waals surface area contributed by atoms with Crippen molar-refractivity contribution >= 4 is 41.5 Å². The Morgan fingerprint density at radius 1 is 1.31 bits per heavy atom. The molecule has 26 heavy (non-hydrogen) atoms. The number of aliphatic imine (C=N–C) groups is 1.